The molecular weight excluding hydrogens is 689 g/mol. The van der Waals surface area contributed by atoms with E-state index in [9.17, 15) is 0 Å². The van der Waals surface area contributed by atoms with Gasteiger partial charge in [0.1, 0.15) is 0 Å². The molecule has 57 heavy (non-hydrogen) atoms. The Labute approximate surface area is 341 Å². The molecule has 1 saturated carbocycles. The van der Waals surface area contributed by atoms with Crippen molar-refractivity contribution in [1.29, 1.82) is 0 Å². The third-order valence-electron chi connectivity index (χ3n) is 12.9. The van der Waals surface area contributed by atoms with Crippen LogP contribution in [0.4, 0.5) is 0 Å². The van der Waals surface area contributed by atoms with Crippen molar-refractivity contribution in [1.82, 2.24) is 9.97 Å². The molecule has 0 amide bonds. The molecule has 0 radical (unpaired) electrons. The van der Waals surface area contributed by atoms with Crippen LogP contribution in [0.3, 0.4) is 0 Å². The topological polar surface area (TPSA) is 25.8 Å². The Kier molecular flexibility index (Phi) is 10.6. The molecule has 7 aromatic rings. The van der Waals surface area contributed by atoms with Gasteiger partial charge in [0, 0.05) is 28.9 Å². The molecule has 1 aliphatic rings. The van der Waals surface area contributed by atoms with Crippen molar-refractivity contribution >= 4 is 0 Å². The van der Waals surface area contributed by atoms with E-state index in [0.717, 1.165) is 35.4 Å². The smallest absolute Gasteiger partial charge is 0.0708 e. The Bertz CT molecular complexity index is 2440. The summed E-state index contributed by atoms with van der Waals surface area (Å²) in [4.78, 5) is 9.33. The van der Waals surface area contributed by atoms with Gasteiger partial charge in [0.05, 0.1) is 11.4 Å². The van der Waals surface area contributed by atoms with E-state index in [4.69, 9.17) is 4.98 Å². The number of hydrogen-bond donors (Lipinski definition) is 0. The molecule has 2 heterocycles. The lowest BCUT2D eigenvalue weighted by molar-refractivity contribution is 0.0714. The van der Waals surface area contributed by atoms with Gasteiger partial charge in [0.2, 0.25) is 0 Å². The first kappa shape index (κ1) is 38.3. The van der Waals surface area contributed by atoms with Crippen molar-refractivity contribution in [3.8, 4) is 55.9 Å². The Morgan fingerprint density at radius 2 is 1.05 bits per heavy atom. The second kappa shape index (κ2) is 15.7. The molecule has 1 fully saturated rings. The fourth-order valence-corrected chi connectivity index (χ4v) is 9.21. The van der Waals surface area contributed by atoms with E-state index in [0.29, 0.717) is 5.41 Å². The maximum absolute atomic E-state index is 4.82. The molecule has 0 N–H and O–H groups in total. The highest BCUT2D eigenvalue weighted by atomic mass is 14.7. The van der Waals surface area contributed by atoms with Crippen molar-refractivity contribution in [2.45, 2.75) is 85.5 Å². The first-order valence-electron chi connectivity index (χ1n) is 20.8. The van der Waals surface area contributed by atoms with Crippen LogP contribution in [0.2, 0.25) is 0 Å². The summed E-state index contributed by atoms with van der Waals surface area (Å²) in [6.45, 7) is 14.4. The molecule has 2 nitrogen and oxygen atoms in total. The number of rotatable bonds is 9. The summed E-state index contributed by atoms with van der Waals surface area (Å²) in [5, 5.41) is 0. The van der Waals surface area contributed by atoms with E-state index < -0.39 is 0 Å². The van der Waals surface area contributed by atoms with E-state index >= 15 is 0 Å². The monoisotopic (exact) mass is 744 g/mol. The molecule has 2 aromatic heterocycles. The number of hydrogen-bond acceptors (Lipinski definition) is 2. The summed E-state index contributed by atoms with van der Waals surface area (Å²) in [5.41, 5.74) is 18.0. The summed E-state index contributed by atoms with van der Waals surface area (Å²) in [6, 6.07) is 53.5. The van der Waals surface area contributed by atoms with Gasteiger partial charge < -0.3 is 0 Å². The number of nitrogens with zero attached hydrogens (tertiary/aromatic N) is 2. The minimum Gasteiger partial charge on any atom is -0.256 e. The summed E-state index contributed by atoms with van der Waals surface area (Å²) in [7, 11) is 0. The van der Waals surface area contributed by atoms with Crippen molar-refractivity contribution < 1.29 is 0 Å². The SMILES string of the molecule is Cc1cc(CCc2ccc(-c3ccccn3)cc2)cc(-c2ccccc2-c2ccc(-c3cc(-c4ccc(C5(C(C)(C)C)CCC(C)(C)CC5)cc4)ccn3)cc2)c1. The molecule has 0 spiro atoms. The van der Waals surface area contributed by atoms with Crippen LogP contribution in [-0.2, 0) is 18.3 Å². The van der Waals surface area contributed by atoms with Gasteiger partial charge in [-0.15, -0.1) is 0 Å². The zero-order valence-corrected chi connectivity index (χ0v) is 34.6. The van der Waals surface area contributed by atoms with E-state index in [-0.39, 0.29) is 10.8 Å². The molecular formula is C55H56N2. The van der Waals surface area contributed by atoms with E-state index in [1.807, 2.05) is 24.5 Å². The fourth-order valence-electron chi connectivity index (χ4n) is 9.21. The highest BCUT2D eigenvalue weighted by molar-refractivity contribution is 5.85. The van der Waals surface area contributed by atoms with Crippen LogP contribution < -0.4 is 0 Å². The highest BCUT2D eigenvalue weighted by Gasteiger charge is 2.47. The zero-order valence-electron chi connectivity index (χ0n) is 34.6. The standard InChI is InChI=1S/C55H56N2/c1-39-35-41(15-14-40-16-18-44(19-17-40)51-13-9-10-33-56-51)37-47(36-39)50-12-8-7-11-49(50)43-20-22-45(23-21-43)52-38-46(28-34-57-52)42-24-26-48(27-25-42)55(53(2,3)4)31-29-54(5,6)30-32-55/h7-13,16-28,33-38H,14-15,29-32H2,1-6H3. The van der Waals surface area contributed by atoms with E-state index in [1.165, 1.54) is 81.3 Å². The predicted octanol–water partition coefficient (Wildman–Crippen LogP) is 14.8. The van der Waals surface area contributed by atoms with Gasteiger partial charge in [0.25, 0.3) is 0 Å². The van der Waals surface area contributed by atoms with Gasteiger partial charge in [-0.25, -0.2) is 0 Å². The van der Waals surface area contributed by atoms with Crippen LogP contribution >= 0.6 is 0 Å². The Morgan fingerprint density at radius 3 is 1.72 bits per heavy atom. The number of aromatic nitrogens is 2. The van der Waals surface area contributed by atoms with E-state index in [1.54, 1.807) is 0 Å². The second-order valence-electron chi connectivity index (χ2n) is 18.2. The van der Waals surface area contributed by atoms with Crippen molar-refractivity contribution in [3.05, 3.63) is 180 Å². The fraction of sp³-hybridized carbons (Fsp3) is 0.273. The Hall–Kier alpha value is -5.60. The normalized spacial score (nSPS) is 15.0. The van der Waals surface area contributed by atoms with Gasteiger partial charge >= 0.3 is 0 Å². The summed E-state index contributed by atoms with van der Waals surface area (Å²) in [6.07, 6.45) is 10.8. The number of benzene rings is 5. The average molecular weight is 745 g/mol. The molecule has 286 valence electrons. The van der Waals surface area contributed by atoms with Crippen LogP contribution in [0.1, 0.15) is 82.6 Å². The summed E-state index contributed by atoms with van der Waals surface area (Å²) in [5.74, 6) is 0. The first-order valence-corrected chi connectivity index (χ1v) is 20.8. The summed E-state index contributed by atoms with van der Waals surface area (Å²) >= 11 is 0. The van der Waals surface area contributed by atoms with Crippen LogP contribution in [0.5, 0.6) is 0 Å². The molecule has 1 aliphatic carbocycles. The number of pyridine rings is 2. The zero-order chi connectivity index (χ0) is 39.6. The van der Waals surface area contributed by atoms with Crippen LogP contribution in [0.15, 0.2) is 158 Å². The second-order valence-corrected chi connectivity index (χ2v) is 18.2. The highest BCUT2D eigenvalue weighted by Crippen LogP contribution is 2.55. The van der Waals surface area contributed by atoms with Crippen LogP contribution in [0.25, 0.3) is 55.9 Å². The largest absolute Gasteiger partial charge is 0.256 e. The maximum atomic E-state index is 4.82. The van der Waals surface area contributed by atoms with Gasteiger partial charge in [-0.2, -0.15) is 0 Å². The third kappa shape index (κ3) is 8.28. The van der Waals surface area contributed by atoms with Gasteiger partial charge in [0.15, 0.2) is 0 Å². The molecule has 5 aromatic carbocycles. The van der Waals surface area contributed by atoms with Gasteiger partial charge in [-0.05, 0) is 131 Å². The lowest BCUT2D eigenvalue weighted by Crippen LogP contribution is -2.44. The van der Waals surface area contributed by atoms with Gasteiger partial charge in [-0.3, -0.25) is 9.97 Å². The summed E-state index contributed by atoms with van der Waals surface area (Å²) < 4.78 is 0. The average Bonchev–Trinajstić information content (AvgIpc) is 3.23. The molecule has 0 aliphatic heterocycles. The van der Waals surface area contributed by atoms with E-state index in [2.05, 4.69) is 180 Å². The van der Waals surface area contributed by atoms with Crippen LogP contribution in [-0.4, -0.2) is 9.97 Å². The van der Waals surface area contributed by atoms with Crippen molar-refractivity contribution in [2.24, 2.45) is 10.8 Å². The Morgan fingerprint density at radius 1 is 0.474 bits per heavy atom. The van der Waals surface area contributed by atoms with Crippen molar-refractivity contribution in [2.75, 3.05) is 0 Å². The predicted molar refractivity (Wildman–Crippen MR) is 241 cm³/mol. The lowest BCUT2D eigenvalue weighted by Gasteiger charge is -2.52. The molecule has 0 bridgehead atoms. The third-order valence-corrected chi connectivity index (χ3v) is 12.9. The molecule has 8 rings (SSSR count). The van der Waals surface area contributed by atoms with Crippen molar-refractivity contribution in [3.63, 3.8) is 0 Å². The molecule has 0 atom stereocenters. The lowest BCUT2D eigenvalue weighted by atomic mass is 9.53. The molecule has 2 heteroatoms. The minimum absolute atomic E-state index is 0.209. The maximum Gasteiger partial charge on any atom is 0.0708 e. The quantitative estimate of drug-likeness (QED) is 0.147. The minimum atomic E-state index is 0.209. The molecule has 0 saturated heterocycles. The molecule has 0 unspecified atom stereocenters. The van der Waals surface area contributed by atoms with Crippen LogP contribution in [0, 0.1) is 17.8 Å². The Balaban J connectivity index is 0.991. The number of aryl methyl sites for hydroxylation is 3. The van der Waals surface area contributed by atoms with Gasteiger partial charge in [-0.1, -0.05) is 162 Å². The first-order chi connectivity index (χ1) is 27.5.